The Morgan fingerprint density at radius 1 is 1.33 bits per heavy atom. The van der Waals surface area contributed by atoms with Crippen molar-refractivity contribution >= 4 is 11.6 Å². The molecule has 2 aromatic rings. The summed E-state index contributed by atoms with van der Waals surface area (Å²) in [7, 11) is 0. The second-order valence-electron chi connectivity index (χ2n) is 4.52. The highest BCUT2D eigenvalue weighted by atomic mass is 35.5. The fourth-order valence-electron chi connectivity index (χ4n) is 2.44. The van der Waals surface area contributed by atoms with Crippen LogP contribution in [0.4, 0.5) is 4.39 Å². The summed E-state index contributed by atoms with van der Waals surface area (Å²) in [6.45, 7) is 0.857. The lowest BCUT2D eigenvalue weighted by atomic mass is 10.1. The molecule has 2 N–H and O–H groups in total. The number of rotatable bonds is 1. The Morgan fingerprint density at radius 2 is 2.06 bits per heavy atom. The van der Waals surface area contributed by atoms with Gasteiger partial charge in [0.2, 0.25) is 0 Å². The highest BCUT2D eigenvalue weighted by Gasteiger charge is 2.25. The standard InChI is InChI=1S/C13H13ClFN3/c14-12-11-10(16)2-1-7-18(11)13(17-12)8-3-5-9(15)6-4-8/h3-6,10H,1-2,7,16H2. The third-order valence-electron chi connectivity index (χ3n) is 3.31. The van der Waals surface area contributed by atoms with Gasteiger partial charge in [-0.3, -0.25) is 0 Å². The summed E-state index contributed by atoms with van der Waals surface area (Å²) in [4.78, 5) is 4.37. The zero-order valence-corrected chi connectivity index (χ0v) is 10.5. The number of benzene rings is 1. The number of nitrogens with zero attached hydrogens (tertiary/aromatic N) is 2. The lowest BCUT2D eigenvalue weighted by molar-refractivity contribution is 0.466. The maximum absolute atomic E-state index is 12.9. The van der Waals surface area contributed by atoms with Gasteiger partial charge in [-0.1, -0.05) is 11.6 Å². The minimum atomic E-state index is -0.257. The first-order valence-corrected chi connectivity index (χ1v) is 6.32. The van der Waals surface area contributed by atoms with Gasteiger partial charge in [0.1, 0.15) is 11.6 Å². The van der Waals surface area contributed by atoms with E-state index in [1.54, 1.807) is 12.1 Å². The molecule has 1 unspecified atom stereocenters. The Bertz CT molecular complexity index is 577. The van der Waals surface area contributed by atoms with Crippen molar-refractivity contribution in [2.45, 2.75) is 25.4 Å². The van der Waals surface area contributed by atoms with E-state index < -0.39 is 0 Å². The van der Waals surface area contributed by atoms with Gasteiger partial charge in [-0.15, -0.1) is 0 Å². The number of hydrogen-bond acceptors (Lipinski definition) is 2. The number of nitrogens with two attached hydrogens (primary N) is 1. The summed E-state index contributed by atoms with van der Waals surface area (Å²) in [5.41, 5.74) is 7.81. The minimum Gasteiger partial charge on any atom is -0.325 e. The van der Waals surface area contributed by atoms with E-state index in [0.29, 0.717) is 5.15 Å². The molecule has 94 valence electrons. The predicted octanol–water partition coefficient (Wildman–Crippen LogP) is 3.14. The van der Waals surface area contributed by atoms with Crippen LogP contribution in [0.3, 0.4) is 0 Å². The first kappa shape index (κ1) is 11.7. The zero-order chi connectivity index (χ0) is 12.7. The molecular formula is C13H13ClFN3. The van der Waals surface area contributed by atoms with E-state index in [9.17, 15) is 4.39 Å². The second kappa shape index (κ2) is 4.37. The summed E-state index contributed by atoms with van der Waals surface area (Å²) in [5, 5.41) is 0.460. The van der Waals surface area contributed by atoms with Gasteiger partial charge in [-0.25, -0.2) is 9.37 Å². The van der Waals surface area contributed by atoms with Crippen LogP contribution in [0.2, 0.25) is 5.15 Å². The SMILES string of the molecule is NC1CCCn2c(-c3ccc(F)cc3)nc(Cl)c21. The van der Waals surface area contributed by atoms with Gasteiger partial charge in [0.15, 0.2) is 5.15 Å². The Hall–Kier alpha value is -1.39. The normalized spacial score (nSPS) is 18.7. The van der Waals surface area contributed by atoms with Crippen molar-refractivity contribution in [3.8, 4) is 11.4 Å². The molecule has 2 heterocycles. The summed E-state index contributed by atoms with van der Waals surface area (Å²) in [5.74, 6) is 0.511. The van der Waals surface area contributed by atoms with E-state index in [1.807, 2.05) is 4.57 Å². The number of aromatic nitrogens is 2. The molecule has 0 saturated heterocycles. The molecule has 18 heavy (non-hydrogen) atoms. The fraction of sp³-hybridized carbons (Fsp3) is 0.308. The molecule has 0 aliphatic carbocycles. The summed E-state index contributed by atoms with van der Waals surface area (Å²) >= 11 is 6.15. The van der Waals surface area contributed by atoms with E-state index in [4.69, 9.17) is 17.3 Å². The molecule has 1 atom stereocenters. The van der Waals surface area contributed by atoms with Crippen LogP contribution in [0, 0.1) is 5.82 Å². The molecule has 1 aliphatic heterocycles. The molecule has 0 fully saturated rings. The van der Waals surface area contributed by atoms with E-state index in [-0.39, 0.29) is 11.9 Å². The molecule has 0 spiro atoms. The summed E-state index contributed by atoms with van der Waals surface area (Å²) in [6, 6.07) is 6.21. The molecular weight excluding hydrogens is 253 g/mol. The number of imidazole rings is 1. The molecule has 0 saturated carbocycles. The van der Waals surface area contributed by atoms with E-state index in [1.165, 1.54) is 12.1 Å². The summed E-state index contributed by atoms with van der Waals surface area (Å²) in [6.07, 6.45) is 1.93. The molecule has 0 amide bonds. The van der Waals surface area contributed by atoms with Crippen LogP contribution in [-0.2, 0) is 6.54 Å². The van der Waals surface area contributed by atoms with Crippen molar-refractivity contribution in [3.05, 3.63) is 40.9 Å². The second-order valence-corrected chi connectivity index (χ2v) is 4.88. The molecule has 3 rings (SSSR count). The van der Waals surface area contributed by atoms with Gasteiger partial charge in [-0.05, 0) is 37.1 Å². The smallest absolute Gasteiger partial charge is 0.152 e. The average molecular weight is 266 g/mol. The van der Waals surface area contributed by atoms with E-state index in [0.717, 1.165) is 36.5 Å². The van der Waals surface area contributed by atoms with Gasteiger partial charge in [0.05, 0.1) is 5.69 Å². The third-order valence-corrected chi connectivity index (χ3v) is 3.59. The first-order chi connectivity index (χ1) is 8.66. The Morgan fingerprint density at radius 3 is 2.78 bits per heavy atom. The van der Waals surface area contributed by atoms with Crippen LogP contribution in [0.5, 0.6) is 0 Å². The molecule has 0 radical (unpaired) electrons. The molecule has 0 bridgehead atoms. The van der Waals surface area contributed by atoms with Crippen LogP contribution < -0.4 is 5.73 Å². The number of halogens is 2. The topological polar surface area (TPSA) is 43.8 Å². The highest BCUT2D eigenvalue weighted by Crippen LogP contribution is 2.34. The van der Waals surface area contributed by atoms with Gasteiger partial charge >= 0.3 is 0 Å². The van der Waals surface area contributed by atoms with Gasteiger partial charge < -0.3 is 10.3 Å². The maximum atomic E-state index is 12.9. The van der Waals surface area contributed by atoms with Crippen LogP contribution in [0.15, 0.2) is 24.3 Å². The van der Waals surface area contributed by atoms with Crippen molar-refractivity contribution in [1.82, 2.24) is 9.55 Å². The van der Waals surface area contributed by atoms with Crippen LogP contribution in [-0.4, -0.2) is 9.55 Å². The monoisotopic (exact) mass is 265 g/mol. The van der Waals surface area contributed by atoms with E-state index >= 15 is 0 Å². The largest absolute Gasteiger partial charge is 0.325 e. The van der Waals surface area contributed by atoms with Crippen molar-refractivity contribution in [3.63, 3.8) is 0 Å². The average Bonchev–Trinajstić information content (AvgIpc) is 2.69. The Kier molecular flexibility index (Phi) is 2.84. The lowest BCUT2D eigenvalue weighted by Gasteiger charge is -2.22. The molecule has 5 heteroatoms. The quantitative estimate of drug-likeness (QED) is 0.861. The van der Waals surface area contributed by atoms with Crippen LogP contribution >= 0.6 is 11.6 Å². The summed E-state index contributed by atoms with van der Waals surface area (Å²) < 4.78 is 15.0. The Balaban J connectivity index is 2.13. The van der Waals surface area contributed by atoms with Gasteiger partial charge in [-0.2, -0.15) is 0 Å². The predicted molar refractivity (Wildman–Crippen MR) is 68.8 cm³/mol. The first-order valence-electron chi connectivity index (χ1n) is 5.94. The minimum absolute atomic E-state index is 0.0621. The van der Waals surface area contributed by atoms with Gasteiger partial charge in [0.25, 0.3) is 0 Å². The molecule has 1 aromatic heterocycles. The highest BCUT2D eigenvalue weighted by molar-refractivity contribution is 6.30. The molecule has 1 aromatic carbocycles. The van der Waals surface area contributed by atoms with Crippen LogP contribution in [0.25, 0.3) is 11.4 Å². The number of fused-ring (bicyclic) bond motifs is 1. The van der Waals surface area contributed by atoms with Crippen LogP contribution in [0.1, 0.15) is 24.6 Å². The van der Waals surface area contributed by atoms with Crippen molar-refractivity contribution < 1.29 is 4.39 Å². The van der Waals surface area contributed by atoms with E-state index in [2.05, 4.69) is 4.98 Å². The third kappa shape index (κ3) is 1.82. The fourth-order valence-corrected chi connectivity index (χ4v) is 2.76. The van der Waals surface area contributed by atoms with Crippen molar-refractivity contribution in [2.75, 3.05) is 0 Å². The van der Waals surface area contributed by atoms with Crippen molar-refractivity contribution in [1.29, 1.82) is 0 Å². The lowest BCUT2D eigenvalue weighted by Crippen LogP contribution is -2.22. The Labute approximate surface area is 109 Å². The maximum Gasteiger partial charge on any atom is 0.152 e. The molecule has 3 nitrogen and oxygen atoms in total. The van der Waals surface area contributed by atoms with Crippen molar-refractivity contribution in [2.24, 2.45) is 5.73 Å². The zero-order valence-electron chi connectivity index (χ0n) is 9.74. The van der Waals surface area contributed by atoms with Gasteiger partial charge in [0, 0.05) is 18.2 Å². The number of hydrogen-bond donors (Lipinski definition) is 1. The molecule has 1 aliphatic rings.